The van der Waals surface area contributed by atoms with Crippen LogP contribution in [0.15, 0.2) is 4.52 Å². The second-order valence-electron chi connectivity index (χ2n) is 6.60. The van der Waals surface area contributed by atoms with Crippen LogP contribution in [0.3, 0.4) is 0 Å². The van der Waals surface area contributed by atoms with Gasteiger partial charge < -0.3 is 15.0 Å². The van der Waals surface area contributed by atoms with Crippen LogP contribution in [0.2, 0.25) is 0 Å². The molecule has 0 aliphatic heterocycles. The van der Waals surface area contributed by atoms with Gasteiger partial charge in [-0.25, -0.2) is 0 Å². The molecule has 1 atom stereocenters. The maximum Gasteiger partial charge on any atom is 0.228 e. The van der Waals surface area contributed by atoms with Crippen molar-refractivity contribution < 1.29 is 9.26 Å². The lowest BCUT2D eigenvalue weighted by atomic mass is 9.79. The molecule has 1 aromatic heterocycles. The number of ether oxygens (including phenoxy) is 1. The van der Waals surface area contributed by atoms with Gasteiger partial charge in [-0.3, -0.25) is 0 Å². The molecule has 0 bridgehead atoms. The molecule has 5 nitrogen and oxygen atoms in total. The molecule has 0 saturated heterocycles. The monoisotopic (exact) mass is 279 g/mol. The molecule has 2 N–H and O–H groups in total. The SMILES string of the molecule is COC1(c2noc(CC(N)C3CC3)n2)CCC(C)CC1. The van der Waals surface area contributed by atoms with E-state index >= 15 is 0 Å². The maximum atomic E-state index is 6.12. The zero-order valence-electron chi connectivity index (χ0n) is 12.5. The minimum Gasteiger partial charge on any atom is -0.370 e. The van der Waals surface area contributed by atoms with Crippen LogP contribution < -0.4 is 5.73 Å². The van der Waals surface area contributed by atoms with Gasteiger partial charge in [0.2, 0.25) is 11.7 Å². The molecule has 112 valence electrons. The van der Waals surface area contributed by atoms with Gasteiger partial charge in [0.15, 0.2) is 0 Å². The first-order chi connectivity index (χ1) is 9.63. The second kappa shape index (κ2) is 5.45. The molecule has 1 unspecified atom stereocenters. The Morgan fingerprint density at radius 1 is 1.35 bits per heavy atom. The number of aromatic nitrogens is 2. The lowest BCUT2D eigenvalue weighted by Crippen LogP contribution is -2.34. The van der Waals surface area contributed by atoms with E-state index in [1.54, 1.807) is 7.11 Å². The Morgan fingerprint density at radius 2 is 2.05 bits per heavy atom. The second-order valence-corrected chi connectivity index (χ2v) is 6.60. The number of hydrogen-bond donors (Lipinski definition) is 1. The lowest BCUT2D eigenvalue weighted by Gasteiger charge is -2.35. The van der Waals surface area contributed by atoms with Crippen molar-refractivity contribution in [2.45, 2.75) is 63.5 Å². The Labute approximate surface area is 120 Å². The van der Waals surface area contributed by atoms with Gasteiger partial charge in [-0.2, -0.15) is 4.98 Å². The molecule has 20 heavy (non-hydrogen) atoms. The highest BCUT2D eigenvalue weighted by Crippen LogP contribution is 2.41. The summed E-state index contributed by atoms with van der Waals surface area (Å²) in [6.45, 7) is 2.29. The third-order valence-electron chi connectivity index (χ3n) is 4.99. The topological polar surface area (TPSA) is 74.2 Å². The van der Waals surface area contributed by atoms with Crippen molar-refractivity contribution in [3.8, 4) is 0 Å². The van der Waals surface area contributed by atoms with E-state index in [2.05, 4.69) is 17.1 Å². The summed E-state index contributed by atoms with van der Waals surface area (Å²) in [5.41, 5.74) is 5.77. The van der Waals surface area contributed by atoms with Crippen LogP contribution in [0.1, 0.15) is 57.2 Å². The van der Waals surface area contributed by atoms with E-state index in [1.165, 1.54) is 12.8 Å². The summed E-state index contributed by atoms with van der Waals surface area (Å²) >= 11 is 0. The molecule has 2 aliphatic rings. The fourth-order valence-electron chi connectivity index (χ4n) is 3.16. The van der Waals surface area contributed by atoms with Gasteiger partial charge in [-0.1, -0.05) is 12.1 Å². The fourth-order valence-corrected chi connectivity index (χ4v) is 3.16. The van der Waals surface area contributed by atoms with E-state index < -0.39 is 0 Å². The van der Waals surface area contributed by atoms with Crippen molar-refractivity contribution in [1.82, 2.24) is 10.1 Å². The highest BCUT2D eigenvalue weighted by atomic mass is 16.5. The molecule has 3 rings (SSSR count). The van der Waals surface area contributed by atoms with Gasteiger partial charge in [0.1, 0.15) is 5.60 Å². The highest BCUT2D eigenvalue weighted by Gasteiger charge is 2.40. The van der Waals surface area contributed by atoms with Gasteiger partial charge in [0.25, 0.3) is 0 Å². The van der Waals surface area contributed by atoms with Crippen molar-refractivity contribution in [2.75, 3.05) is 7.11 Å². The number of rotatable bonds is 5. The zero-order chi connectivity index (χ0) is 14.2. The third-order valence-corrected chi connectivity index (χ3v) is 4.99. The largest absolute Gasteiger partial charge is 0.370 e. The maximum absolute atomic E-state index is 6.12. The van der Waals surface area contributed by atoms with E-state index in [0.29, 0.717) is 24.1 Å². The molecule has 2 saturated carbocycles. The summed E-state index contributed by atoms with van der Waals surface area (Å²) in [4.78, 5) is 4.57. The molecule has 0 radical (unpaired) electrons. The molecular weight excluding hydrogens is 254 g/mol. The van der Waals surface area contributed by atoms with E-state index in [1.807, 2.05) is 0 Å². The molecule has 1 aromatic rings. The quantitative estimate of drug-likeness (QED) is 0.895. The molecule has 0 amide bonds. The summed E-state index contributed by atoms with van der Waals surface area (Å²) in [7, 11) is 1.75. The van der Waals surface area contributed by atoms with Crippen LogP contribution in [-0.2, 0) is 16.8 Å². The minimum absolute atomic E-state index is 0.160. The summed E-state index contributed by atoms with van der Waals surface area (Å²) in [5.74, 6) is 2.78. The van der Waals surface area contributed by atoms with Crippen molar-refractivity contribution in [1.29, 1.82) is 0 Å². The van der Waals surface area contributed by atoms with Crippen molar-refractivity contribution in [3.63, 3.8) is 0 Å². The van der Waals surface area contributed by atoms with Crippen LogP contribution in [0.5, 0.6) is 0 Å². The summed E-state index contributed by atoms with van der Waals surface area (Å²) in [6.07, 6.45) is 7.41. The average Bonchev–Trinajstić information content (AvgIpc) is 3.21. The first kappa shape index (κ1) is 14.0. The van der Waals surface area contributed by atoms with Gasteiger partial charge in [-0.05, 0) is 50.4 Å². The number of methoxy groups -OCH3 is 1. The van der Waals surface area contributed by atoms with Crippen LogP contribution in [-0.4, -0.2) is 23.3 Å². The molecular formula is C15H25N3O2. The summed E-state index contributed by atoms with van der Waals surface area (Å²) < 4.78 is 11.2. The summed E-state index contributed by atoms with van der Waals surface area (Å²) in [5, 5.41) is 4.17. The molecule has 1 heterocycles. The van der Waals surface area contributed by atoms with Gasteiger partial charge in [-0.15, -0.1) is 0 Å². The van der Waals surface area contributed by atoms with Crippen molar-refractivity contribution in [2.24, 2.45) is 17.6 Å². The zero-order valence-corrected chi connectivity index (χ0v) is 12.5. The van der Waals surface area contributed by atoms with E-state index in [0.717, 1.165) is 31.6 Å². The van der Waals surface area contributed by atoms with Gasteiger partial charge in [0.05, 0.1) is 0 Å². The van der Waals surface area contributed by atoms with Crippen molar-refractivity contribution in [3.05, 3.63) is 11.7 Å². The predicted molar refractivity (Wildman–Crippen MR) is 75.0 cm³/mol. The Kier molecular flexibility index (Phi) is 3.82. The predicted octanol–water partition coefficient (Wildman–Crippen LogP) is 2.40. The number of nitrogens with zero attached hydrogens (tertiary/aromatic N) is 2. The molecule has 2 aliphatic carbocycles. The van der Waals surface area contributed by atoms with Gasteiger partial charge >= 0.3 is 0 Å². The third kappa shape index (κ3) is 2.74. The van der Waals surface area contributed by atoms with Crippen LogP contribution >= 0.6 is 0 Å². The molecule has 2 fully saturated rings. The van der Waals surface area contributed by atoms with E-state index in [-0.39, 0.29) is 11.6 Å². The normalized spacial score (nSPS) is 32.2. The summed E-state index contributed by atoms with van der Waals surface area (Å²) in [6, 6.07) is 0.160. The number of hydrogen-bond acceptors (Lipinski definition) is 5. The average molecular weight is 279 g/mol. The van der Waals surface area contributed by atoms with Crippen molar-refractivity contribution >= 4 is 0 Å². The van der Waals surface area contributed by atoms with Crippen LogP contribution in [0.25, 0.3) is 0 Å². The smallest absolute Gasteiger partial charge is 0.228 e. The first-order valence-electron chi connectivity index (χ1n) is 7.77. The molecule has 0 spiro atoms. The standard InChI is InChI=1S/C15H25N3O2/c1-10-5-7-15(19-2,8-6-10)14-17-13(20-18-14)9-12(16)11-3-4-11/h10-12H,3-9,16H2,1-2H3. The number of nitrogens with two attached hydrogens (primary N) is 1. The Bertz CT molecular complexity index is 448. The first-order valence-corrected chi connectivity index (χ1v) is 7.77. The fraction of sp³-hybridized carbons (Fsp3) is 0.867. The Hall–Kier alpha value is -0.940. The van der Waals surface area contributed by atoms with Crippen LogP contribution in [0.4, 0.5) is 0 Å². The highest BCUT2D eigenvalue weighted by molar-refractivity contribution is 5.05. The Morgan fingerprint density at radius 3 is 2.65 bits per heavy atom. The Balaban J connectivity index is 1.70. The lowest BCUT2D eigenvalue weighted by molar-refractivity contribution is -0.0609. The van der Waals surface area contributed by atoms with E-state index in [9.17, 15) is 0 Å². The molecule has 5 heteroatoms. The molecule has 0 aromatic carbocycles. The van der Waals surface area contributed by atoms with Crippen LogP contribution in [0, 0.1) is 11.8 Å². The minimum atomic E-state index is -0.349. The van der Waals surface area contributed by atoms with Gasteiger partial charge in [0, 0.05) is 19.6 Å². The van der Waals surface area contributed by atoms with E-state index in [4.69, 9.17) is 15.0 Å².